The smallest absolute Gasteiger partial charge is 0.123 e. The molecule has 1 unspecified atom stereocenters. The van der Waals surface area contributed by atoms with Crippen LogP contribution in [0.5, 0.6) is 0 Å². The third-order valence-corrected chi connectivity index (χ3v) is 3.52. The van der Waals surface area contributed by atoms with Crippen LogP contribution in [-0.4, -0.2) is 5.11 Å². The zero-order chi connectivity index (χ0) is 13.3. The molecule has 0 aliphatic carbocycles. The van der Waals surface area contributed by atoms with Crippen LogP contribution in [0.1, 0.15) is 28.4 Å². The lowest BCUT2D eigenvalue weighted by Crippen LogP contribution is -2.02. The van der Waals surface area contributed by atoms with Crippen LogP contribution in [-0.2, 0) is 0 Å². The van der Waals surface area contributed by atoms with Gasteiger partial charge in [0.2, 0.25) is 0 Å². The van der Waals surface area contributed by atoms with E-state index in [1.54, 1.807) is 6.07 Å². The van der Waals surface area contributed by atoms with Crippen molar-refractivity contribution in [2.24, 2.45) is 0 Å². The predicted molar refractivity (Wildman–Crippen MR) is 74.1 cm³/mol. The van der Waals surface area contributed by atoms with Crippen molar-refractivity contribution in [1.29, 1.82) is 0 Å². The number of halogens is 2. The molecule has 0 bridgehead atoms. The number of aryl methyl sites for hydroxylation is 2. The molecule has 1 nitrogen and oxygen atoms in total. The number of rotatable bonds is 2. The van der Waals surface area contributed by atoms with Gasteiger partial charge in [0.1, 0.15) is 11.9 Å². The largest absolute Gasteiger partial charge is 0.384 e. The summed E-state index contributed by atoms with van der Waals surface area (Å²) in [5, 5.41) is 10.3. The molecule has 0 aromatic heterocycles. The maximum Gasteiger partial charge on any atom is 0.123 e. The SMILES string of the molecule is Cc1cc(F)cc(C(O)c2ccc(C)cc2Br)c1. The van der Waals surface area contributed by atoms with E-state index < -0.39 is 6.10 Å². The van der Waals surface area contributed by atoms with E-state index in [1.807, 2.05) is 32.0 Å². The van der Waals surface area contributed by atoms with Gasteiger partial charge in [0, 0.05) is 4.47 Å². The lowest BCUT2D eigenvalue weighted by atomic mass is 9.99. The lowest BCUT2D eigenvalue weighted by Gasteiger charge is -2.14. The van der Waals surface area contributed by atoms with Crippen molar-refractivity contribution in [2.45, 2.75) is 20.0 Å². The fourth-order valence-corrected chi connectivity index (χ4v) is 2.67. The molecule has 1 atom stereocenters. The molecule has 0 radical (unpaired) electrons. The average molecular weight is 309 g/mol. The molecule has 0 heterocycles. The van der Waals surface area contributed by atoms with E-state index in [2.05, 4.69) is 15.9 Å². The highest BCUT2D eigenvalue weighted by atomic mass is 79.9. The lowest BCUT2D eigenvalue weighted by molar-refractivity contribution is 0.219. The van der Waals surface area contributed by atoms with Crippen molar-refractivity contribution in [3.05, 3.63) is 68.9 Å². The molecule has 0 spiro atoms. The summed E-state index contributed by atoms with van der Waals surface area (Å²) in [6.45, 7) is 3.79. The highest BCUT2D eigenvalue weighted by molar-refractivity contribution is 9.10. The second-order valence-corrected chi connectivity index (χ2v) is 5.34. The first-order valence-electron chi connectivity index (χ1n) is 5.68. The van der Waals surface area contributed by atoms with E-state index in [-0.39, 0.29) is 5.82 Å². The fraction of sp³-hybridized carbons (Fsp3) is 0.200. The molecule has 0 saturated heterocycles. The molecule has 0 saturated carbocycles. The topological polar surface area (TPSA) is 20.2 Å². The standard InChI is InChI=1S/C15H14BrFO/c1-9-3-4-13(14(16)7-9)15(18)11-5-10(2)6-12(17)8-11/h3-8,15,18H,1-2H3. The minimum Gasteiger partial charge on any atom is -0.384 e. The van der Waals surface area contributed by atoms with Crippen LogP contribution in [0.15, 0.2) is 40.9 Å². The van der Waals surface area contributed by atoms with Gasteiger partial charge in [-0.3, -0.25) is 0 Å². The quantitative estimate of drug-likeness (QED) is 0.877. The average Bonchev–Trinajstić information content (AvgIpc) is 2.26. The molecule has 0 fully saturated rings. The number of aliphatic hydroxyl groups is 1. The molecular weight excluding hydrogens is 295 g/mol. The van der Waals surface area contributed by atoms with E-state index in [0.717, 1.165) is 21.2 Å². The van der Waals surface area contributed by atoms with E-state index in [0.29, 0.717) is 5.56 Å². The van der Waals surface area contributed by atoms with Crippen molar-refractivity contribution >= 4 is 15.9 Å². The molecule has 0 aliphatic heterocycles. The zero-order valence-electron chi connectivity index (χ0n) is 10.2. The Kier molecular flexibility index (Phi) is 3.83. The maximum atomic E-state index is 13.3. The number of benzene rings is 2. The molecular formula is C15H14BrFO. The van der Waals surface area contributed by atoms with Gasteiger partial charge in [-0.15, -0.1) is 0 Å². The predicted octanol–water partition coefficient (Wildman–Crippen LogP) is 4.29. The summed E-state index contributed by atoms with van der Waals surface area (Å²) in [6, 6.07) is 10.3. The zero-order valence-corrected chi connectivity index (χ0v) is 11.8. The van der Waals surface area contributed by atoms with Gasteiger partial charge in [0.05, 0.1) is 0 Å². The third-order valence-electron chi connectivity index (χ3n) is 2.83. The fourth-order valence-electron chi connectivity index (χ4n) is 1.96. The molecule has 94 valence electrons. The van der Waals surface area contributed by atoms with Crippen LogP contribution in [0.2, 0.25) is 0 Å². The van der Waals surface area contributed by atoms with Crippen LogP contribution in [0.4, 0.5) is 4.39 Å². The Balaban J connectivity index is 2.44. The van der Waals surface area contributed by atoms with Crippen LogP contribution < -0.4 is 0 Å². The van der Waals surface area contributed by atoms with Gasteiger partial charge in [-0.1, -0.05) is 34.1 Å². The van der Waals surface area contributed by atoms with Gasteiger partial charge < -0.3 is 5.11 Å². The van der Waals surface area contributed by atoms with E-state index >= 15 is 0 Å². The van der Waals surface area contributed by atoms with Crippen molar-refractivity contribution < 1.29 is 9.50 Å². The summed E-state index contributed by atoms with van der Waals surface area (Å²) in [7, 11) is 0. The van der Waals surface area contributed by atoms with Crippen molar-refractivity contribution in [3.63, 3.8) is 0 Å². The molecule has 0 aliphatic rings. The minimum atomic E-state index is -0.825. The molecule has 2 aromatic carbocycles. The molecule has 1 N–H and O–H groups in total. The summed E-state index contributed by atoms with van der Waals surface area (Å²) < 4.78 is 14.2. The summed E-state index contributed by atoms with van der Waals surface area (Å²) >= 11 is 3.43. The van der Waals surface area contributed by atoms with E-state index in [1.165, 1.54) is 12.1 Å². The van der Waals surface area contributed by atoms with Gasteiger partial charge >= 0.3 is 0 Å². The van der Waals surface area contributed by atoms with Crippen LogP contribution in [0.25, 0.3) is 0 Å². The Hall–Kier alpha value is -1.19. The number of aliphatic hydroxyl groups excluding tert-OH is 1. The third kappa shape index (κ3) is 2.79. The monoisotopic (exact) mass is 308 g/mol. The highest BCUT2D eigenvalue weighted by Crippen LogP contribution is 2.30. The Labute approximate surface area is 114 Å². The van der Waals surface area contributed by atoms with Gasteiger partial charge in [-0.05, 0) is 54.3 Å². The molecule has 2 rings (SSSR count). The first-order chi connectivity index (χ1) is 8.47. The van der Waals surface area contributed by atoms with Crippen molar-refractivity contribution in [3.8, 4) is 0 Å². The molecule has 0 amide bonds. The van der Waals surface area contributed by atoms with E-state index in [9.17, 15) is 9.50 Å². The number of hydrogen-bond acceptors (Lipinski definition) is 1. The van der Waals surface area contributed by atoms with Crippen molar-refractivity contribution in [2.75, 3.05) is 0 Å². The van der Waals surface area contributed by atoms with Crippen LogP contribution in [0, 0.1) is 19.7 Å². The van der Waals surface area contributed by atoms with Gasteiger partial charge in [0.15, 0.2) is 0 Å². The Bertz CT molecular complexity index is 560. The summed E-state index contributed by atoms with van der Waals surface area (Å²) in [5.41, 5.74) is 3.21. The first-order valence-corrected chi connectivity index (χ1v) is 6.48. The van der Waals surface area contributed by atoms with Gasteiger partial charge in [-0.2, -0.15) is 0 Å². The van der Waals surface area contributed by atoms with Crippen LogP contribution >= 0.6 is 15.9 Å². The Morgan fingerprint density at radius 1 is 1.06 bits per heavy atom. The van der Waals surface area contributed by atoms with Gasteiger partial charge in [-0.25, -0.2) is 4.39 Å². The summed E-state index contributed by atoms with van der Waals surface area (Å²) in [5.74, 6) is -0.327. The Morgan fingerprint density at radius 3 is 2.39 bits per heavy atom. The minimum absolute atomic E-state index is 0.327. The molecule has 2 aromatic rings. The van der Waals surface area contributed by atoms with Gasteiger partial charge in [0.25, 0.3) is 0 Å². The van der Waals surface area contributed by atoms with Crippen LogP contribution in [0.3, 0.4) is 0 Å². The summed E-state index contributed by atoms with van der Waals surface area (Å²) in [4.78, 5) is 0. The molecule has 3 heteroatoms. The first kappa shape index (κ1) is 13.2. The van der Waals surface area contributed by atoms with Crippen molar-refractivity contribution in [1.82, 2.24) is 0 Å². The highest BCUT2D eigenvalue weighted by Gasteiger charge is 2.14. The second kappa shape index (κ2) is 5.21. The maximum absolute atomic E-state index is 13.3. The van der Waals surface area contributed by atoms with E-state index in [4.69, 9.17) is 0 Å². The molecule has 18 heavy (non-hydrogen) atoms. The number of hydrogen-bond donors (Lipinski definition) is 1. The summed E-state index contributed by atoms with van der Waals surface area (Å²) in [6.07, 6.45) is -0.825. The second-order valence-electron chi connectivity index (χ2n) is 4.49. The Morgan fingerprint density at radius 2 is 1.78 bits per heavy atom. The normalized spacial score (nSPS) is 12.5.